The second-order valence-corrected chi connectivity index (χ2v) is 9.42. The van der Waals surface area contributed by atoms with Crippen LogP contribution in [0, 0.1) is 0 Å². The van der Waals surface area contributed by atoms with Crippen molar-refractivity contribution in [1.29, 1.82) is 0 Å². The number of carbonyl (C=O) groups excluding carboxylic acids is 1. The molecule has 1 fully saturated rings. The maximum Gasteiger partial charge on any atom is 0.289 e. The predicted octanol–water partition coefficient (Wildman–Crippen LogP) is 4.29. The maximum atomic E-state index is 12.9. The van der Waals surface area contributed by atoms with Gasteiger partial charge in [-0.15, -0.1) is 0 Å². The standard InChI is InChI=1S/C18H19Cl2NO4S/c1-2-8-21(13-7-9-26(23,24)11-13)18(22)17-6-5-16(25-17)14-10-12(19)3-4-15(14)20/h3-6,10,13H,2,7-9,11H2,1H3/t13-/m1/s1. The van der Waals surface area contributed by atoms with Crippen molar-refractivity contribution in [2.24, 2.45) is 0 Å². The van der Waals surface area contributed by atoms with Gasteiger partial charge in [-0.25, -0.2) is 8.42 Å². The zero-order valence-electron chi connectivity index (χ0n) is 14.2. The van der Waals surface area contributed by atoms with Gasteiger partial charge in [-0.05, 0) is 43.2 Å². The van der Waals surface area contributed by atoms with Crippen LogP contribution >= 0.6 is 23.2 Å². The van der Waals surface area contributed by atoms with Gasteiger partial charge in [-0.1, -0.05) is 30.1 Å². The van der Waals surface area contributed by atoms with Crippen molar-refractivity contribution in [3.8, 4) is 11.3 Å². The summed E-state index contributed by atoms with van der Waals surface area (Å²) in [6, 6.07) is 7.95. The van der Waals surface area contributed by atoms with E-state index in [4.69, 9.17) is 27.6 Å². The molecule has 0 radical (unpaired) electrons. The van der Waals surface area contributed by atoms with Crippen molar-refractivity contribution in [3.63, 3.8) is 0 Å². The summed E-state index contributed by atoms with van der Waals surface area (Å²) in [6.07, 6.45) is 1.19. The molecule has 3 rings (SSSR count). The smallest absolute Gasteiger partial charge is 0.289 e. The Hall–Kier alpha value is -1.50. The summed E-state index contributed by atoms with van der Waals surface area (Å²) in [5.74, 6) is 0.419. The zero-order chi connectivity index (χ0) is 18.9. The molecule has 0 saturated carbocycles. The van der Waals surface area contributed by atoms with Gasteiger partial charge in [0.1, 0.15) is 5.76 Å². The van der Waals surface area contributed by atoms with Crippen molar-refractivity contribution in [2.75, 3.05) is 18.1 Å². The molecule has 0 spiro atoms. The van der Waals surface area contributed by atoms with Crippen molar-refractivity contribution < 1.29 is 17.6 Å². The van der Waals surface area contributed by atoms with E-state index in [1.54, 1.807) is 35.2 Å². The lowest BCUT2D eigenvalue weighted by Crippen LogP contribution is -2.41. The maximum absolute atomic E-state index is 12.9. The van der Waals surface area contributed by atoms with Gasteiger partial charge >= 0.3 is 0 Å². The Labute approximate surface area is 162 Å². The number of hydrogen-bond donors (Lipinski definition) is 0. The number of halogens is 2. The van der Waals surface area contributed by atoms with Gasteiger partial charge in [0.25, 0.3) is 5.91 Å². The summed E-state index contributed by atoms with van der Waals surface area (Å²) >= 11 is 12.2. The molecule has 1 aromatic heterocycles. The van der Waals surface area contributed by atoms with Gasteiger partial charge in [-0.3, -0.25) is 4.79 Å². The van der Waals surface area contributed by atoms with Gasteiger partial charge in [0, 0.05) is 23.2 Å². The Balaban J connectivity index is 1.87. The van der Waals surface area contributed by atoms with E-state index in [2.05, 4.69) is 0 Å². The summed E-state index contributed by atoms with van der Waals surface area (Å²) in [6.45, 7) is 2.43. The highest BCUT2D eigenvalue weighted by Gasteiger charge is 2.35. The Morgan fingerprint density at radius 3 is 2.69 bits per heavy atom. The molecule has 2 heterocycles. The van der Waals surface area contributed by atoms with Crippen LogP contribution in [0.2, 0.25) is 10.0 Å². The fourth-order valence-electron chi connectivity index (χ4n) is 3.14. The molecule has 8 heteroatoms. The lowest BCUT2D eigenvalue weighted by atomic mass is 10.2. The monoisotopic (exact) mass is 415 g/mol. The van der Waals surface area contributed by atoms with Gasteiger partial charge in [0.2, 0.25) is 0 Å². The quantitative estimate of drug-likeness (QED) is 0.729. The first-order chi connectivity index (χ1) is 12.3. The molecule has 1 saturated heterocycles. The number of nitrogens with zero attached hydrogens (tertiary/aromatic N) is 1. The van der Waals surface area contributed by atoms with Crippen LogP contribution in [0.25, 0.3) is 11.3 Å². The van der Waals surface area contributed by atoms with Crippen LogP contribution in [0.3, 0.4) is 0 Å². The third-order valence-corrected chi connectivity index (χ3v) is 6.70. The average molecular weight is 416 g/mol. The molecule has 2 aromatic rings. The highest BCUT2D eigenvalue weighted by molar-refractivity contribution is 7.91. The van der Waals surface area contributed by atoms with Crippen LogP contribution in [-0.4, -0.2) is 43.3 Å². The van der Waals surface area contributed by atoms with Gasteiger partial charge in [0.05, 0.1) is 16.5 Å². The largest absolute Gasteiger partial charge is 0.451 e. The predicted molar refractivity (Wildman–Crippen MR) is 103 cm³/mol. The first-order valence-electron chi connectivity index (χ1n) is 8.37. The summed E-state index contributed by atoms with van der Waals surface area (Å²) in [5, 5.41) is 0.979. The summed E-state index contributed by atoms with van der Waals surface area (Å²) < 4.78 is 29.3. The molecule has 1 atom stereocenters. The highest BCUT2D eigenvalue weighted by atomic mass is 35.5. The minimum Gasteiger partial charge on any atom is -0.451 e. The minimum atomic E-state index is -3.08. The van der Waals surface area contributed by atoms with E-state index in [-0.39, 0.29) is 29.2 Å². The fraction of sp³-hybridized carbons (Fsp3) is 0.389. The number of sulfone groups is 1. The summed E-state index contributed by atoms with van der Waals surface area (Å²) in [7, 11) is -3.08. The van der Waals surface area contributed by atoms with Crippen LogP contribution in [0.15, 0.2) is 34.7 Å². The third kappa shape index (κ3) is 4.08. The molecule has 1 aliphatic rings. The number of carbonyl (C=O) groups is 1. The topological polar surface area (TPSA) is 67.6 Å². The number of amides is 1. The molecule has 140 valence electrons. The fourth-order valence-corrected chi connectivity index (χ4v) is 5.25. The molecular formula is C18H19Cl2NO4S. The van der Waals surface area contributed by atoms with Gasteiger partial charge in [-0.2, -0.15) is 0 Å². The molecule has 1 amide bonds. The molecular weight excluding hydrogens is 397 g/mol. The number of hydrogen-bond acceptors (Lipinski definition) is 4. The molecule has 0 N–H and O–H groups in total. The molecule has 1 aliphatic heterocycles. The number of benzene rings is 1. The Kier molecular flexibility index (Phi) is 5.65. The lowest BCUT2D eigenvalue weighted by Gasteiger charge is -2.26. The normalized spacial score (nSPS) is 18.8. The molecule has 0 unspecified atom stereocenters. The van der Waals surface area contributed by atoms with Crippen molar-refractivity contribution in [3.05, 3.63) is 46.1 Å². The van der Waals surface area contributed by atoms with Crippen LogP contribution < -0.4 is 0 Å². The highest BCUT2D eigenvalue weighted by Crippen LogP contribution is 2.32. The van der Waals surface area contributed by atoms with Crippen LogP contribution in [0.4, 0.5) is 0 Å². The molecule has 1 aromatic carbocycles. The first kappa shape index (κ1) is 19.3. The van der Waals surface area contributed by atoms with Gasteiger partial charge in [0.15, 0.2) is 15.6 Å². The number of rotatable bonds is 5. The van der Waals surface area contributed by atoms with Crippen LogP contribution in [-0.2, 0) is 9.84 Å². The van der Waals surface area contributed by atoms with Crippen molar-refractivity contribution in [2.45, 2.75) is 25.8 Å². The van der Waals surface area contributed by atoms with Crippen LogP contribution in [0.1, 0.15) is 30.3 Å². The van der Waals surface area contributed by atoms with E-state index in [9.17, 15) is 13.2 Å². The molecule has 5 nitrogen and oxygen atoms in total. The van der Waals surface area contributed by atoms with Crippen molar-refractivity contribution >= 4 is 38.9 Å². The van der Waals surface area contributed by atoms with E-state index in [1.165, 1.54) is 0 Å². The van der Waals surface area contributed by atoms with E-state index >= 15 is 0 Å². The van der Waals surface area contributed by atoms with E-state index in [0.717, 1.165) is 6.42 Å². The minimum absolute atomic E-state index is 0.00638. The number of furan rings is 1. The molecule has 0 bridgehead atoms. The van der Waals surface area contributed by atoms with E-state index < -0.39 is 9.84 Å². The average Bonchev–Trinajstić information content (AvgIpc) is 3.21. The Morgan fingerprint density at radius 1 is 1.27 bits per heavy atom. The summed E-state index contributed by atoms with van der Waals surface area (Å²) in [4.78, 5) is 14.5. The second-order valence-electron chi connectivity index (χ2n) is 6.34. The van der Waals surface area contributed by atoms with Gasteiger partial charge < -0.3 is 9.32 Å². The zero-order valence-corrected chi connectivity index (χ0v) is 16.6. The Bertz CT molecular complexity index is 923. The van der Waals surface area contributed by atoms with E-state index in [0.29, 0.717) is 34.3 Å². The third-order valence-electron chi connectivity index (χ3n) is 4.39. The van der Waals surface area contributed by atoms with Crippen LogP contribution in [0.5, 0.6) is 0 Å². The van der Waals surface area contributed by atoms with E-state index in [1.807, 2.05) is 6.92 Å². The molecule has 26 heavy (non-hydrogen) atoms. The lowest BCUT2D eigenvalue weighted by molar-refractivity contribution is 0.0665. The van der Waals surface area contributed by atoms with Crippen molar-refractivity contribution in [1.82, 2.24) is 4.90 Å². The second kappa shape index (κ2) is 7.62. The Morgan fingerprint density at radius 2 is 2.04 bits per heavy atom. The SMILES string of the molecule is CCCN(C(=O)c1ccc(-c2cc(Cl)ccc2Cl)o1)[C@@H]1CCS(=O)(=O)C1. The summed E-state index contributed by atoms with van der Waals surface area (Å²) in [5.41, 5.74) is 0.601. The first-order valence-corrected chi connectivity index (χ1v) is 10.9. The molecule has 0 aliphatic carbocycles.